The highest BCUT2D eigenvalue weighted by Gasteiger charge is 2.32. The zero-order valence-corrected chi connectivity index (χ0v) is 16.4. The number of nitrogens with zero attached hydrogens (tertiary/aromatic N) is 1. The van der Waals surface area contributed by atoms with Crippen LogP contribution < -0.4 is 10.6 Å². The number of ketones is 1. The molecule has 0 bridgehead atoms. The van der Waals surface area contributed by atoms with Crippen LogP contribution in [0.4, 0.5) is 5.69 Å². The van der Waals surface area contributed by atoms with Crippen molar-refractivity contribution >= 4 is 23.3 Å². The molecule has 7 heteroatoms. The van der Waals surface area contributed by atoms with Gasteiger partial charge in [-0.05, 0) is 47.9 Å². The van der Waals surface area contributed by atoms with Gasteiger partial charge in [0.15, 0.2) is 11.8 Å². The molecule has 0 aliphatic carbocycles. The van der Waals surface area contributed by atoms with Crippen LogP contribution in [0.2, 0.25) is 0 Å². The van der Waals surface area contributed by atoms with Gasteiger partial charge in [0.2, 0.25) is 5.91 Å². The van der Waals surface area contributed by atoms with Gasteiger partial charge in [-0.3, -0.25) is 14.4 Å². The molecular weight excluding hydrogens is 358 g/mol. The predicted octanol–water partition coefficient (Wildman–Crippen LogP) is 1.45. The molecule has 0 aliphatic heterocycles. The van der Waals surface area contributed by atoms with Crippen LogP contribution in [0, 0.1) is 6.92 Å². The Hall–Kier alpha value is -3.19. The Morgan fingerprint density at radius 1 is 1.04 bits per heavy atom. The average Bonchev–Trinajstić information content (AvgIpc) is 2.72. The molecule has 0 saturated carbocycles. The number of hydrogen-bond donors (Lipinski definition) is 3. The Kier molecular flexibility index (Phi) is 6.89. The molecule has 2 amide bonds. The molecule has 0 heterocycles. The van der Waals surface area contributed by atoms with E-state index in [0.29, 0.717) is 5.56 Å². The SMILES string of the molecule is CNC(=O)C(C(=O)CO)N(C)C(=O)c1ccc(-c2ccc(NC)c(C)c2)cc1. The molecule has 0 aliphatic rings. The molecule has 0 aromatic heterocycles. The van der Waals surface area contributed by atoms with Crippen LogP contribution in [0.5, 0.6) is 0 Å². The van der Waals surface area contributed by atoms with Gasteiger partial charge in [-0.2, -0.15) is 0 Å². The first-order valence-electron chi connectivity index (χ1n) is 8.85. The molecular formula is C21H25N3O4. The van der Waals surface area contributed by atoms with Crippen LogP contribution >= 0.6 is 0 Å². The fourth-order valence-electron chi connectivity index (χ4n) is 3.01. The lowest BCUT2D eigenvalue weighted by Gasteiger charge is -2.25. The zero-order chi connectivity index (χ0) is 20.8. The first-order chi connectivity index (χ1) is 13.3. The number of benzene rings is 2. The second-order valence-corrected chi connectivity index (χ2v) is 6.41. The number of nitrogens with one attached hydrogen (secondary N) is 2. The van der Waals surface area contributed by atoms with Gasteiger partial charge < -0.3 is 20.6 Å². The van der Waals surface area contributed by atoms with Crippen molar-refractivity contribution < 1.29 is 19.5 Å². The first-order valence-corrected chi connectivity index (χ1v) is 8.85. The molecule has 3 N–H and O–H groups in total. The number of aliphatic hydroxyl groups is 1. The quantitative estimate of drug-likeness (QED) is 0.629. The van der Waals surface area contributed by atoms with Crippen molar-refractivity contribution in [2.75, 3.05) is 33.1 Å². The number of Topliss-reactive ketones (excluding diaryl/α,β-unsaturated/α-hetero) is 1. The topological polar surface area (TPSA) is 98.7 Å². The maximum absolute atomic E-state index is 12.7. The first kappa shape index (κ1) is 21.1. The summed E-state index contributed by atoms with van der Waals surface area (Å²) >= 11 is 0. The van der Waals surface area contributed by atoms with Crippen molar-refractivity contribution in [3.05, 3.63) is 53.6 Å². The van der Waals surface area contributed by atoms with Crippen molar-refractivity contribution in [3.63, 3.8) is 0 Å². The molecule has 2 rings (SSSR count). The molecule has 0 radical (unpaired) electrons. The van der Waals surface area contributed by atoms with Crippen molar-refractivity contribution in [2.24, 2.45) is 0 Å². The van der Waals surface area contributed by atoms with Gasteiger partial charge >= 0.3 is 0 Å². The largest absolute Gasteiger partial charge is 0.388 e. The summed E-state index contributed by atoms with van der Waals surface area (Å²) in [5, 5.41) is 14.6. The minimum atomic E-state index is -1.38. The van der Waals surface area contributed by atoms with E-state index in [0.717, 1.165) is 27.3 Å². The summed E-state index contributed by atoms with van der Waals surface area (Å²) in [4.78, 5) is 37.6. The van der Waals surface area contributed by atoms with Gasteiger partial charge in [0.05, 0.1) is 0 Å². The van der Waals surface area contributed by atoms with Crippen molar-refractivity contribution in [1.29, 1.82) is 0 Å². The van der Waals surface area contributed by atoms with E-state index in [2.05, 4.69) is 16.7 Å². The van der Waals surface area contributed by atoms with Crippen LogP contribution in [-0.4, -0.2) is 61.4 Å². The van der Waals surface area contributed by atoms with Gasteiger partial charge in [-0.1, -0.05) is 18.2 Å². The Morgan fingerprint density at radius 3 is 2.14 bits per heavy atom. The number of carbonyl (C=O) groups is 3. The lowest BCUT2D eigenvalue weighted by atomic mass is 10.0. The summed E-state index contributed by atoms with van der Waals surface area (Å²) in [5.74, 6) is -1.87. The highest BCUT2D eigenvalue weighted by Crippen LogP contribution is 2.25. The van der Waals surface area contributed by atoms with Crippen molar-refractivity contribution in [3.8, 4) is 11.1 Å². The van der Waals surface area contributed by atoms with E-state index in [9.17, 15) is 14.4 Å². The molecule has 1 unspecified atom stereocenters. The summed E-state index contributed by atoms with van der Waals surface area (Å²) < 4.78 is 0. The third-order valence-corrected chi connectivity index (χ3v) is 4.62. The molecule has 148 valence electrons. The second-order valence-electron chi connectivity index (χ2n) is 6.41. The molecule has 7 nitrogen and oxygen atoms in total. The fraction of sp³-hybridized carbons (Fsp3) is 0.286. The van der Waals surface area contributed by atoms with Crippen LogP contribution in [0.25, 0.3) is 11.1 Å². The Balaban J connectivity index is 2.26. The van der Waals surface area contributed by atoms with E-state index >= 15 is 0 Å². The van der Waals surface area contributed by atoms with E-state index in [-0.39, 0.29) is 0 Å². The molecule has 28 heavy (non-hydrogen) atoms. The maximum Gasteiger partial charge on any atom is 0.254 e. The van der Waals surface area contributed by atoms with Gasteiger partial charge in [0, 0.05) is 32.4 Å². The summed E-state index contributed by atoms with van der Waals surface area (Å²) in [6.45, 7) is 1.19. The Bertz CT molecular complexity index is 862. The highest BCUT2D eigenvalue weighted by atomic mass is 16.3. The van der Waals surface area contributed by atoms with E-state index in [1.165, 1.54) is 14.1 Å². The molecule has 2 aromatic rings. The van der Waals surface area contributed by atoms with E-state index < -0.39 is 30.2 Å². The summed E-state index contributed by atoms with van der Waals surface area (Å²) in [5.41, 5.74) is 4.46. The monoisotopic (exact) mass is 383 g/mol. The van der Waals surface area contributed by atoms with Crippen molar-refractivity contribution in [1.82, 2.24) is 10.2 Å². The van der Waals surface area contributed by atoms with Gasteiger partial charge in [0.1, 0.15) is 6.61 Å². The van der Waals surface area contributed by atoms with E-state index in [1.54, 1.807) is 12.1 Å². The predicted molar refractivity (Wildman–Crippen MR) is 108 cm³/mol. The average molecular weight is 383 g/mol. The third kappa shape index (κ3) is 4.37. The molecule has 0 saturated heterocycles. The number of hydrogen-bond acceptors (Lipinski definition) is 5. The number of rotatable bonds is 7. The second kappa shape index (κ2) is 9.14. The number of aliphatic hydroxyl groups excluding tert-OH is 1. The number of carbonyl (C=O) groups excluding carboxylic acids is 3. The number of aryl methyl sites for hydroxylation is 1. The standard InChI is InChI=1S/C21H25N3O4/c1-13-11-16(9-10-17(13)22-2)14-5-7-15(8-6-14)21(28)24(4)19(18(26)12-25)20(27)23-3/h5-11,19,22,25H,12H2,1-4H3,(H,23,27). The lowest BCUT2D eigenvalue weighted by Crippen LogP contribution is -2.52. The molecule has 1 atom stereocenters. The summed E-state index contributed by atoms with van der Waals surface area (Å²) in [6.07, 6.45) is 0. The van der Waals surface area contributed by atoms with Crippen molar-refractivity contribution in [2.45, 2.75) is 13.0 Å². The van der Waals surface area contributed by atoms with Gasteiger partial charge in [0.25, 0.3) is 5.91 Å². The number of likely N-dealkylation sites (N-methyl/N-ethyl adjacent to an activating group) is 2. The number of anilines is 1. The molecule has 2 aromatic carbocycles. The van der Waals surface area contributed by atoms with Crippen LogP contribution in [0.1, 0.15) is 15.9 Å². The smallest absolute Gasteiger partial charge is 0.254 e. The van der Waals surface area contributed by atoms with Crippen LogP contribution in [0.3, 0.4) is 0 Å². The minimum absolute atomic E-state index is 0.342. The molecule has 0 spiro atoms. The van der Waals surface area contributed by atoms with Gasteiger partial charge in [-0.25, -0.2) is 0 Å². The Labute approximate surface area is 164 Å². The lowest BCUT2D eigenvalue weighted by molar-refractivity contribution is -0.135. The Morgan fingerprint density at radius 2 is 1.64 bits per heavy atom. The van der Waals surface area contributed by atoms with Gasteiger partial charge in [-0.15, -0.1) is 0 Å². The van der Waals surface area contributed by atoms with E-state index in [4.69, 9.17) is 5.11 Å². The summed E-state index contributed by atoms with van der Waals surface area (Å²) in [7, 11) is 4.60. The highest BCUT2D eigenvalue weighted by molar-refractivity contribution is 6.10. The van der Waals surface area contributed by atoms with Crippen LogP contribution in [0.15, 0.2) is 42.5 Å². The third-order valence-electron chi connectivity index (χ3n) is 4.62. The zero-order valence-electron chi connectivity index (χ0n) is 16.4. The minimum Gasteiger partial charge on any atom is -0.388 e. The number of amides is 2. The molecule has 0 fully saturated rings. The summed E-state index contributed by atoms with van der Waals surface area (Å²) in [6, 6.07) is 11.6. The van der Waals surface area contributed by atoms with Crippen LogP contribution in [-0.2, 0) is 9.59 Å². The van der Waals surface area contributed by atoms with E-state index in [1.807, 2.05) is 38.2 Å². The fourth-order valence-corrected chi connectivity index (χ4v) is 3.01. The maximum atomic E-state index is 12.7. The normalized spacial score (nSPS) is 11.5.